The number of benzene rings is 2. The highest BCUT2D eigenvalue weighted by atomic mass is 32.2. The van der Waals surface area contributed by atoms with Gasteiger partial charge in [0.25, 0.3) is 0 Å². The number of pyridine rings is 1. The number of sulfonamides is 1. The summed E-state index contributed by atoms with van der Waals surface area (Å²) in [6.45, 7) is 2.52. The van der Waals surface area contributed by atoms with E-state index in [0.29, 0.717) is 12.2 Å². The largest absolute Gasteiger partial charge is 0.334 e. The van der Waals surface area contributed by atoms with E-state index in [4.69, 9.17) is 0 Å². The Labute approximate surface area is 170 Å². The van der Waals surface area contributed by atoms with E-state index in [9.17, 15) is 13.2 Å². The van der Waals surface area contributed by atoms with E-state index in [1.807, 2.05) is 37.3 Å². The molecule has 0 unspecified atom stereocenters. The highest BCUT2D eigenvalue weighted by Crippen LogP contribution is 2.15. The topological polar surface area (TPSA) is 100 Å². The molecule has 7 nitrogen and oxygen atoms in total. The molecule has 0 aliphatic heterocycles. The number of aromatic nitrogens is 1. The minimum absolute atomic E-state index is 0.130. The van der Waals surface area contributed by atoms with E-state index in [2.05, 4.69) is 20.3 Å². The Morgan fingerprint density at radius 3 is 2.31 bits per heavy atom. The van der Waals surface area contributed by atoms with Crippen molar-refractivity contribution in [2.24, 2.45) is 0 Å². The third-order valence-electron chi connectivity index (χ3n) is 4.19. The van der Waals surface area contributed by atoms with Crippen molar-refractivity contribution in [2.45, 2.75) is 24.9 Å². The molecule has 0 fully saturated rings. The standard InChI is InChI=1S/C21H22N4O3S/c1-16-4-6-17(7-5-16)15-24-29(27,28)20-10-8-19(9-11-20)25-21(26)23-14-18-3-2-12-22-13-18/h2-13,24H,14-15H2,1H3,(H2,23,25,26). The minimum Gasteiger partial charge on any atom is -0.334 e. The van der Waals surface area contributed by atoms with Crippen molar-refractivity contribution in [1.82, 2.24) is 15.0 Å². The summed E-state index contributed by atoms with van der Waals surface area (Å²) in [5.41, 5.74) is 3.36. The van der Waals surface area contributed by atoms with Gasteiger partial charge in [-0.1, -0.05) is 35.9 Å². The van der Waals surface area contributed by atoms with Gasteiger partial charge in [0.15, 0.2) is 0 Å². The fraction of sp³-hybridized carbons (Fsp3) is 0.143. The zero-order valence-electron chi connectivity index (χ0n) is 15.9. The van der Waals surface area contributed by atoms with Crippen LogP contribution in [0, 0.1) is 6.92 Å². The van der Waals surface area contributed by atoms with Crippen LogP contribution in [0.15, 0.2) is 78.0 Å². The molecule has 3 N–H and O–H groups in total. The number of urea groups is 1. The Morgan fingerprint density at radius 2 is 1.66 bits per heavy atom. The number of carbonyl (C=O) groups is 1. The van der Waals surface area contributed by atoms with Gasteiger partial charge in [-0.2, -0.15) is 0 Å². The lowest BCUT2D eigenvalue weighted by molar-refractivity contribution is 0.251. The summed E-state index contributed by atoms with van der Waals surface area (Å²) in [4.78, 5) is 16.1. The Kier molecular flexibility index (Phi) is 6.58. The van der Waals surface area contributed by atoms with Gasteiger partial charge in [-0.3, -0.25) is 4.98 Å². The average Bonchev–Trinajstić information content (AvgIpc) is 2.73. The van der Waals surface area contributed by atoms with Crippen LogP contribution < -0.4 is 15.4 Å². The van der Waals surface area contributed by atoms with E-state index in [1.165, 1.54) is 12.1 Å². The summed E-state index contributed by atoms with van der Waals surface area (Å²) in [6.07, 6.45) is 3.33. The van der Waals surface area contributed by atoms with Gasteiger partial charge < -0.3 is 10.6 Å². The van der Waals surface area contributed by atoms with Crippen LogP contribution >= 0.6 is 0 Å². The van der Waals surface area contributed by atoms with Gasteiger partial charge in [0, 0.05) is 31.2 Å². The summed E-state index contributed by atoms with van der Waals surface area (Å²) in [5.74, 6) is 0. The van der Waals surface area contributed by atoms with E-state index in [1.54, 1.807) is 30.6 Å². The Hall–Kier alpha value is -3.23. The monoisotopic (exact) mass is 410 g/mol. The van der Waals surface area contributed by atoms with Gasteiger partial charge in [-0.05, 0) is 48.4 Å². The number of hydrogen-bond acceptors (Lipinski definition) is 4. The van der Waals surface area contributed by atoms with Crippen LogP contribution in [0.25, 0.3) is 0 Å². The first-order chi connectivity index (χ1) is 13.9. The lowest BCUT2D eigenvalue weighted by atomic mass is 10.2. The summed E-state index contributed by atoms with van der Waals surface area (Å²) < 4.78 is 27.5. The smallest absolute Gasteiger partial charge is 0.319 e. The molecule has 0 aliphatic rings. The molecule has 3 rings (SSSR count). The molecule has 0 bridgehead atoms. The zero-order chi connectivity index (χ0) is 20.7. The van der Waals surface area contributed by atoms with Gasteiger partial charge in [-0.25, -0.2) is 17.9 Å². The number of anilines is 1. The van der Waals surface area contributed by atoms with Crippen molar-refractivity contribution in [3.8, 4) is 0 Å². The highest BCUT2D eigenvalue weighted by Gasteiger charge is 2.14. The lowest BCUT2D eigenvalue weighted by Crippen LogP contribution is -2.28. The average molecular weight is 410 g/mol. The molecule has 0 saturated heterocycles. The number of nitrogens with zero attached hydrogens (tertiary/aromatic N) is 1. The van der Waals surface area contributed by atoms with E-state index < -0.39 is 10.0 Å². The predicted octanol–water partition coefficient (Wildman–Crippen LogP) is 3.19. The first-order valence-corrected chi connectivity index (χ1v) is 10.5. The number of carbonyl (C=O) groups excluding carboxylic acids is 1. The predicted molar refractivity (Wildman–Crippen MR) is 112 cm³/mol. The molecule has 0 atom stereocenters. The van der Waals surface area contributed by atoms with Crippen molar-refractivity contribution in [1.29, 1.82) is 0 Å². The highest BCUT2D eigenvalue weighted by molar-refractivity contribution is 7.89. The van der Waals surface area contributed by atoms with Gasteiger partial charge in [-0.15, -0.1) is 0 Å². The molecule has 0 radical (unpaired) electrons. The molecule has 0 saturated carbocycles. The number of rotatable bonds is 7. The SMILES string of the molecule is Cc1ccc(CNS(=O)(=O)c2ccc(NC(=O)NCc3cccnc3)cc2)cc1. The van der Waals surface area contributed by atoms with Crippen LogP contribution in [0.4, 0.5) is 10.5 Å². The summed E-state index contributed by atoms with van der Waals surface area (Å²) in [7, 11) is -3.65. The minimum atomic E-state index is -3.65. The molecule has 1 aromatic heterocycles. The molecule has 3 aromatic rings. The molecule has 2 aromatic carbocycles. The Bertz CT molecular complexity index is 1050. The first kappa shape index (κ1) is 20.5. The van der Waals surface area contributed by atoms with Crippen LogP contribution in [0.3, 0.4) is 0 Å². The molecular weight excluding hydrogens is 388 g/mol. The number of aryl methyl sites for hydroxylation is 1. The molecule has 0 spiro atoms. The summed E-state index contributed by atoms with van der Waals surface area (Å²) in [6, 6.07) is 16.9. The van der Waals surface area contributed by atoms with E-state index >= 15 is 0 Å². The van der Waals surface area contributed by atoms with Gasteiger partial charge in [0.05, 0.1) is 4.90 Å². The van der Waals surface area contributed by atoms with Crippen molar-refractivity contribution in [3.05, 3.63) is 89.7 Å². The molecule has 1 heterocycles. The van der Waals surface area contributed by atoms with Crippen molar-refractivity contribution in [3.63, 3.8) is 0 Å². The van der Waals surface area contributed by atoms with Crippen molar-refractivity contribution in [2.75, 3.05) is 5.32 Å². The van der Waals surface area contributed by atoms with Crippen LogP contribution in [0.2, 0.25) is 0 Å². The van der Waals surface area contributed by atoms with E-state index in [-0.39, 0.29) is 17.5 Å². The van der Waals surface area contributed by atoms with Crippen LogP contribution in [-0.4, -0.2) is 19.4 Å². The maximum atomic E-state index is 12.4. The zero-order valence-corrected chi connectivity index (χ0v) is 16.7. The fourth-order valence-corrected chi connectivity index (χ4v) is 3.56. The fourth-order valence-electron chi connectivity index (χ4n) is 2.55. The van der Waals surface area contributed by atoms with Crippen LogP contribution in [0.1, 0.15) is 16.7 Å². The molecule has 0 aliphatic carbocycles. The Morgan fingerprint density at radius 1 is 0.931 bits per heavy atom. The molecular formula is C21H22N4O3S. The maximum Gasteiger partial charge on any atom is 0.319 e. The Balaban J connectivity index is 1.54. The van der Waals surface area contributed by atoms with Gasteiger partial charge in [0.2, 0.25) is 10.0 Å². The normalized spacial score (nSPS) is 11.1. The molecule has 29 heavy (non-hydrogen) atoms. The van der Waals surface area contributed by atoms with E-state index in [0.717, 1.165) is 16.7 Å². The van der Waals surface area contributed by atoms with Crippen molar-refractivity contribution >= 4 is 21.7 Å². The maximum absolute atomic E-state index is 12.4. The molecule has 2 amide bonds. The third kappa shape index (κ3) is 6.13. The molecule has 150 valence electrons. The van der Waals surface area contributed by atoms with Crippen LogP contribution in [-0.2, 0) is 23.1 Å². The second-order valence-electron chi connectivity index (χ2n) is 6.50. The third-order valence-corrected chi connectivity index (χ3v) is 5.60. The van der Waals surface area contributed by atoms with Crippen molar-refractivity contribution < 1.29 is 13.2 Å². The number of amides is 2. The second-order valence-corrected chi connectivity index (χ2v) is 8.27. The summed E-state index contributed by atoms with van der Waals surface area (Å²) in [5, 5.41) is 5.38. The van der Waals surface area contributed by atoms with Crippen LogP contribution in [0.5, 0.6) is 0 Å². The quantitative estimate of drug-likeness (QED) is 0.557. The second kappa shape index (κ2) is 9.31. The van der Waals surface area contributed by atoms with Gasteiger partial charge >= 0.3 is 6.03 Å². The summed E-state index contributed by atoms with van der Waals surface area (Å²) >= 11 is 0. The van der Waals surface area contributed by atoms with Gasteiger partial charge in [0.1, 0.15) is 0 Å². The number of nitrogens with one attached hydrogen (secondary N) is 3. The molecule has 8 heteroatoms. The number of hydrogen-bond donors (Lipinski definition) is 3. The first-order valence-electron chi connectivity index (χ1n) is 9.01. The lowest BCUT2D eigenvalue weighted by Gasteiger charge is -2.10.